The molecule has 4 rings (SSSR count). The number of benzene rings is 3. The van der Waals surface area contributed by atoms with Crippen molar-refractivity contribution >= 4 is 12.2 Å². The molecular formula is C29H32N2O6. The Hall–Kier alpha value is -3.88. The lowest BCUT2D eigenvalue weighted by molar-refractivity contribution is -0.310. The Bertz CT molecular complexity index is 1130. The smallest absolute Gasteiger partial charge is 0.434 e. The van der Waals surface area contributed by atoms with E-state index < -0.39 is 24.0 Å². The number of hydroxylamine groups is 3. The van der Waals surface area contributed by atoms with Crippen molar-refractivity contribution in [2.24, 2.45) is 0 Å². The van der Waals surface area contributed by atoms with Gasteiger partial charge in [-0.3, -0.25) is 0 Å². The normalized spacial score (nSPS) is 18.8. The number of unbranched alkanes of at least 4 members (excludes halogenated alkanes) is 1. The van der Waals surface area contributed by atoms with Crippen LogP contribution in [0.25, 0.3) is 0 Å². The summed E-state index contributed by atoms with van der Waals surface area (Å²) in [6.45, 7) is 2.25. The monoisotopic (exact) mass is 504 g/mol. The molecule has 3 aromatic rings. The number of nitrogens with one attached hydrogen (secondary N) is 1. The summed E-state index contributed by atoms with van der Waals surface area (Å²) in [5.41, 5.74) is 4.95. The Balaban J connectivity index is 1.46. The molecule has 37 heavy (non-hydrogen) atoms. The van der Waals surface area contributed by atoms with Gasteiger partial charge in [-0.1, -0.05) is 104 Å². The SMILES string of the molecule is CCCC[C@@]1(ONC(=O)OCc2ccccc2)C[C@@H](c2ccccc2)N(C(=O)OCc2ccccc2)O1. The zero-order valence-corrected chi connectivity index (χ0v) is 20.9. The van der Waals surface area contributed by atoms with E-state index in [0.717, 1.165) is 29.5 Å². The summed E-state index contributed by atoms with van der Waals surface area (Å²) in [5.74, 6) is -1.27. The summed E-state index contributed by atoms with van der Waals surface area (Å²) < 4.78 is 10.8. The fourth-order valence-electron chi connectivity index (χ4n) is 4.13. The third kappa shape index (κ3) is 7.31. The second-order valence-corrected chi connectivity index (χ2v) is 8.87. The predicted octanol–water partition coefficient (Wildman–Crippen LogP) is 6.45. The lowest BCUT2D eigenvalue weighted by atomic mass is 9.97. The topological polar surface area (TPSA) is 86.3 Å². The number of nitrogens with zero attached hydrogens (tertiary/aromatic N) is 1. The van der Waals surface area contributed by atoms with Gasteiger partial charge in [0.15, 0.2) is 0 Å². The first-order valence-electron chi connectivity index (χ1n) is 12.5. The summed E-state index contributed by atoms with van der Waals surface area (Å²) in [5, 5.41) is 1.21. The molecule has 1 aliphatic heterocycles. The van der Waals surface area contributed by atoms with Gasteiger partial charge >= 0.3 is 12.2 Å². The summed E-state index contributed by atoms with van der Waals surface area (Å²) in [6.07, 6.45) is 1.01. The van der Waals surface area contributed by atoms with Gasteiger partial charge in [0.2, 0.25) is 5.79 Å². The molecule has 0 radical (unpaired) electrons. The second-order valence-electron chi connectivity index (χ2n) is 8.87. The quantitative estimate of drug-likeness (QED) is 0.320. The molecule has 0 aromatic heterocycles. The third-order valence-corrected chi connectivity index (χ3v) is 6.07. The molecule has 0 spiro atoms. The van der Waals surface area contributed by atoms with Gasteiger partial charge < -0.3 is 9.47 Å². The van der Waals surface area contributed by atoms with Crippen LogP contribution in [0.3, 0.4) is 0 Å². The van der Waals surface area contributed by atoms with Gasteiger partial charge in [0.05, 0.1) is 6.04 Å². The number of hydrogen-bond donors (Lipinski definition) is 1. The van der Waals surface area contributed by atoms with E-state index in [4.69, 9.17) is 19.1 Å². The summed E-state index contributed by atoms with van der Waals surface area (Å²) in [4.78, 5) is 37.6. The van der Waals surface area contributed by atoms with Crippen LogP contribution in [0.5, 0.6) is 0 Å². The third-order valence-electron chi connectivity index (χ3n) is 6.07. The van der Waals surface area contributed by atoms with Crippen LogP contribution in [0.2, 0.25) is 0 Å². The van der Waals surface area contributed by atoms with E-state index in [1.165, 1.54) is 5.06 Å². The number of carbonyl (C=O) groups is 2. The van der Waals surface area contributed by atoms with Crippen molar-refractivity contribution in [2.75, 3.05) is 0 Å². The average Bonchev–Trinajstić information content (AvgIpc) is 3.34. The zero-order chi connectivity index (χ0) is 25.9. The molecule has 0 saturated carbocycles. The highest BCUT2D eigenvalue weighted by molar-refractivity contribution is 5.67. The number of carbonyl (C=O) groups excluding carboxylic acids is 2. The second kappa shape index (κ2) is 12.9. The van der Waals surface area contributed by atoms with Gasteiger partial charge in [-0.05, 0) is 23.1 Å². The molecule has 2 amide bonds. The maximum absolute atomic E-state index is 13.2. The van der Waals surface area contributed by atoms with Crippen molar-refractivity contribution in [2.45, 2.75) is 57.6 Å². The van der Waals surface area contributed by atoms with Gasteiger partial charge in [-0.15, -0.1) is 0 Å². The maximum atomic E-state index is 13.2. The average molecular weight is 505 g/mol. The van der Waals surface area contributed by atoms with Crippen LogP contribution < -0.4 is 5.48 Å². The minimum atomic E-state index is -1.27. The fourth-order valence-corrected chi connectivity index (χ4v) is 4.13. The number of amides is 2. The van der Waals surface area contributed by atoms with Crippen molar-refractivity contribution < 1.29 is 28.7 Å². The lowest BCUT2D eigenvalue weighted by Gasteiger charge is -2.27. The number of ether oxygens (including phenoxy) is 2. The van der Waals surface area contributed by atoms with Crippen LogP contribution >= 0.6 is 0 Å². The molecule has 1 heterocycles. The Morgan fingerprint density at radius 1 is 0.892 bits per heavy atom. The predicted molar refractivity (Wildman–Crippen MR) is 136 cm³/mol. The lowest BCUT2D eigenvalue weighted by Crippen LogP contribution is -2.42. The molecule has 2 atom stereocenters. The van der Waals surface area contributed by atoms with E-state index >= 15 is 0 Å². The first kappa shape index (κ1) is 26.2. The molecule has 0 aliphatic carbocycles. The van der Waals surface area contributed by atoms with Gasteiger partial charge in [-0.25, -0.2) is 19.3 Å². The van der Waals surface area contributed by atoms with Gasteiger partial charge in [0.1, 0.15) is 13.2 Å². The molecule has 1 aliphatic rings. The van der Waals surface area contributed by atoms with Crippen molar-refractivity contribution in [1.82, 2.24) is 10.5 Å². The maximum Gasteiger partial charge on any atom is 0.434 e. The molecular weight excluding hydrogens is 472 g/mol. The Labute approximate surface area is 217 Å². The minimum absolute atomic E-state index is 0.101. The van der Waals surface area contributed by atoms with Crippen LogP contribution in [0, 0.1) is 0 Å². The van der Waals surface area contributed by atoms with E-state index in [1.807, 2.05) is 97.9 Å². The van der Waals surface area contributed by atoms with Crippen LogP contribution in [0.1, 0.15) is 55.3 Å². The molecule has 1 N–H and O–H groups in total. The van der Waals surface area contributed by atoms with Crippen molar-refractivity contribution in [3.05, 3.63) is 108 Å². The molecule has 1 saturated heterocycles. The highest BCUT2D eigenvalue weighted by atomic mass is 16.9. The Kier molecular flexibility index (Phi) is 9.13. The van der Waals surface area contributed by atoms with E-state index in [0.29, 0.717) is 12.8 Å². The highest BCUT2D eigenvalue weighted by Gasteiger charge is 2.51. The molecule has 1 fully saturated rings. The summed E-state index contributed by atoms with van der Waals surface area (Å²) in [7, 11) is 0. The summed E-state index contributed by atoms with van der Waals surface area (Å²) in [6, 6.07) is 27.9. The van der Waals surface area contributed by atoms with E-state index in [2.05, 4.69) is 5.48 Å². The Morgan fingerprint density at radius 2 is 1.46 bits per heavy atom. The molecule has 3 aromatic carbocycles. The fraction of sp³-hybridized carbons (Fsp3) is 0.310. The van der Waals surface area contributed by atoms with Crippen LogP contribution in [0.15, 0.2) is 91.0 Å². The van der Waals surface area contributed by atoms with Crippen LogP contribution in [0.4, 0.5) is 9.59 Å². The molecule has 0 unspecified atom stereocenters. The van der Waals surface area contributed by atoms with E-state index in [9.17, 15) is 9.59 Å². The first-order valence-corrected chi connectivity index (χ1v) is 12.5. The number of rotatable bonds is 10. The largest absolute Gasteiger partial charge is 0.443 e. The Morgan fingerprint density at radius 3 is 2.05 bits per heavy atom. The van der Waals surface area contributed by atoms with Gasteiger partial charge in [-0.2, -0.15) is 10.5 Å². The number of hydrogen-bond acceptors (Lipinski definition) is 6. The molecule has 8 heteroatoms. The molecule has 8 nitrogen and oxygen atoms in total. The van der Waals surface area contributed by atoms with Crippen molar-refractivity contribution in [3.8, 4) is 0 Å². The van der Waals surface area contributed by atoms with Crippen molar-refractivity contribution in [1.29, 1.82) is 0 Å². The van der Waals surface area contributed by atoms with Gasteiger partial charge in [0, 0.05) is 12.8 Å². The molecule has 0 bridgehead atoms. The van der Waals surface area contributed by atoms with Crippen LogP contribution in [-0.4, -0.2) is 23.0 Å². The summed E-state index contributed by atoms with van der Waals surface area (Å²) >= 11 is 0. The van der Waals surface area contributed by atoms with E-state index in [-0.39, 0.29) is 13.2 Å². The van der Waals surface area contributed by atoms with E-state index in [1.54, 1.807) is 0 Å². The van der Waals surface area contributed by atoms with Crippen LogP contribution in [-0.2, 0) is 32.4 Å². The highest BCUT2D eigenvalue weighted by Crippen LogP contribution is 2.44. The zero-order valence-electron chi connectivity index (χ0n) is 20.9. The first-order chi connectivity index (χ1) is 18.1. The van der Waals surface area contributed by atoms with Crippen molar-refractivity contribution in [3.63, 3.8) is 0 Å². The minimum Gasteiger partial charge on any atom is -0.443 e. The van der Waals surface area contributed by atoms with Gasteiger partial charge in [0.25, 0.3) is 0 Å². The standard InChI is InChI=1S/C29H32N2O6/c1-2-3-19-29(36-30-27(32)34-21-23-13-7-4-8-14-23)20-26(25-17-11-6-12-18-25)31(37-29)28(33)35-22-24-15-9-5-10-16-24/h4-18,26H,2-3,19-22H2,1H3,(H,30,32)/t26-,29-/m0/s1. The molecule has 194 valence electrons.